The Hall–Kier alpha value is -1.56. The van der Waals surface area contributed by atoms with Gasteiger partial charge in [0.05, 0.1) is 4.90 Å². The minimum absolute atomic E-state index is 0.299. The molecule has 0 aliphatic carbocycles. The fourth-order valence-electron chi connectivity index (χ4n) is 2.27. The van der Waals surface area contributed by atoms with Gasteiger partial charge < -0.3 is 0 Å². The first-order valence-corrected chi connectivity index (χ1v) is 8.70. The van der Waals surface area contributed by atoms with E-state index in [0.717, 1.165) is 26.5 Å². The van der Waals surface area contributed by atoms with Crippen LogP contribution in [0.2, 0.25) is 0 Å². The van der Waals surface area contributed by atoms with E-state index in [0.29, 0.717) is 4.90 Å². The first-order valence-electron chi connectivity index (χ1n) is 6.44. The van der Waals surface area contributed by atoms with E-state index in [9.17, 15) is 8.42 Å². The van der Waals surface area contributed by atoms with E-state index in [1.54, 1.807) is 23.9 Å². The summed E-state index contributed by atoms with van der Waals surface area (Å²) in [5.74, 6) is 0. The molecule has 0 atom stereocenters. The molecule has 0 saturated heterocycles. The smallest absolute Gasteiger partial charge is 0.207 e. The van der Waals surface area contributed by atoms with Gasteiger partial charge in [-0.25, -0.2) is 12.7 Å². The Kier molecular flexibility index (Phi) is 3.43. The second-order valence-corrected chi connectivity index (χ2v) is 8.26. The van der Waals surface area contributed by atoms with Crippen LogP contribution < -0.4 is 0 Å². The van der Waals surface area contributed by atoms with E-state index in [1.807, 2.05) is 24.3 Å². The summed E-state index contributed by atoms with van der Waals surface area (Å²) in [5, 5.41) is 0. The van der Waals surface area contributed by atoms with Crippen LogP contribution in [0.25, 0.3) is 5.57 Å². The minimum atomic E-state index is -3.43. The van der Waals surface area contributed by atoms with E-state index >= 15 is 0 Å². The highest BCUT2D eigenvalue weighted by Gasteiger charge is 2.23. The van der Waals surface area contributed by atoms with Crippen molar-refractivity contribution in [3.63, 3.8) is 0 Å². The van der Waals surface area contributed by atoms with Crippen molar-refractivity contribution in [3.05, 3.63) is 60.2 Å². The molecule has 0 amide bonds. The van der Waals surface area contributed by atoms with E-state index in [-0.39, 0.29) is 0 Å². The summed E-state index contributed by atoms with van der Waals surface area (Å²) in [7, 11) is -0.357. The van der Waals surface area contributed by atoms with E-state index in [1.165, 1.54) is 18.4 Å². The second-order valence-electron chi connectivity index (χ2n) is 5.02. The van der Waals surface area contributed by atoms with Gasteiger partial charge in [-0.1, -0.05) is 36.5 Å². The summed E-state index contributed by atoms with van der Waals surface area (Å²) < 4.78 is 25.7. The molecule has 1 aliphatic rings. The van der Waals surface area contributed by atoms with Crippen LogP contribution in [0.4, 0.5) is 0 Å². The van der Waals surface area contributed by atoms with Gasteiger partial charge in [-0.15, -0.1) is 0 Å². The predicted molar refractivity (Wildman–Crippen MR) is 86.0 cm³/mol. The van der Waals surface area contributed by atoms with Crippen LogP contribution in [0.1, 0.15) is 11.1 Å². The quantitative estimate of drug-likeness (QED) is 0.726. The molecule has 0 spiro atoms. The zero-order valence-corrected chi connectivity index (χ0v) is 13.5. The van der Waals surface area contributed by atoms with Crippen molar-refractivity contribution < 1.29 is 8.42 Å². The Balaban J connectivity index is 2.15. The Morgan fingerprint density at radius 2 is 1.67 bits per heavy atom. The predicted octanol–water partition coefficient (Wildman–Crippen LogP) is 3.46. The first-order chi connectivity index (χ1) is 9.91. The molecule has 1 aliphatic heterocycles. The van der Waals surface area contributed by atoms with E-state index < -0.39 is 10.0 Å². The van der Waals surface area contributed by atoms with Crippen molar-refractivity contribution in [3.8, 4) is 0 Å². The van der Waals surface area contributed by atoms with Crippen molar-refractivity contribution in [1.29, 1.82) is 0 Å². The standard InChI is InChI=1S/C16H15NO2S2/c1-11-13-6-4-5-7-15(13)20-16-9-8-12(10-14(11)16)21(18,19)17(2)3/h4-10H,1H2,2-3H3. The van der Waals surface area contributed by atoms with Gasteiger partial charge in [0.1, 0.15) is 0 Å². The first kappa shape index (κ1) is 14.4. The average Bonchev–Trinajstić information content (AvgIpc) is 2.47. The Labute approximate surface area is 129 Å². The molecule has 0 unspecified atom stereocenters. The SMILES string of the molecule is C=C1c2ccccc2Sc2ccc(S(=O)(=O)N(C)C)cc21. The maximum atomic E-state index is 12.3. The van der Waals surface area contributed by atoms with Gasteiger partial charge in [-0.3, -0.25) is 0 Å². The molecule has 0 radical (unpaired) electrons. The highest BCUT2D eigenvalue weighted by Crippen LogP contribution is 2.45. The Morgan fingerprint density at radius 3 is 2.38 bits per heavy atom. The number of nitrogens with zero attached hydrogens (tertiary/aromatic N) is 1. The summed E-state index contributed by atoms with van der Waals surface area (Å²) in [6.45, 7) is 4.14. The van der Waals surface area contributed by atoms with Crippen LogP contribution in [-0.2, 0) is 10.0 Å². The molecule has 2 aromatic carbocycles. The second kappa shape index (κ2) is 5.02. The molecule has 0 N–H and O–H groups in total. The van der Waals surface area contributed by atoms with Crippen molar-refractivity contribution in [2.45, 2.75) is 14.7 Å². The fourth-order valence-corrected chi connectivity index (χ4v) is 4.32. The van der Waals surface area contributed by atoms with Crippen LogP contribution in [0, 0.1) is 0 Å². The molecule has 0 aromatic heterocycles. The molecule has 1 heterocycles. The van der Waals surface area contributed by atoms with E-state index in [2.05, 4.69) is 12.6 Å². The number of sulfonamides is 1. The van der Waals surface area contributed by atoms with Gasteiger partial charge in [-0.05, 0) is 41.0 Å². The average molecular weight is 317 g/mol. The van der Waals surface area contributed by atoms with Crippen molar-refractivity contribution >= 4 is 27.4 Å². The minimum Gasteiger partial charge on any atom is -0.207 e. The molecule has 0 bridgehead atoms. The number of hydrogen-bond acceptors (Lipinski definition) is 3. The fraction of sp³-hybridized carbons (Fsp3) is 0.125. The van der Waals surface area contributed by atoms with Crippen molar-refractivity contribution in [2.75, 3.05) is 14.1 Å². The van der Waals surface area contributed by atoms with Gasteiger partial charge in [0, 0.05) is 23.9 Å². The maximum absolute atomic E-state index is 12.3. The van der Waals surface area contributed by atoms with Crippen LogP contribution in [0.5, 0.6) is 0 Å². The summed E-state index contributed by atoms with van der Waals surface area (Å²) in [6, 6.07) is 13.3. The van der Waals surface area contributed by atoms with E-state index in [4.69, 9.17) is 0 Å². The Morgan fingerprint density at radius 1 is 1.00 bits per heavy atom. The Bertz CT molecular complexity index is 839. The third-order valence-corrected chi connectivity index (χ3v) is 6.45. The molecule has 0 saturated carbocycles. The molecule has 3 rings (SSSR count). The van der Waals surface area contributed by atoms with Crippen molar-refractivity contribution in [2.24, 2.45) is 0 Å². The molecule has 21 heavy (non-hydrogen) atoms. The largest absolute Gasteiger partial charge is 0.242 e. The number of benzene rings is 2. The zero-order valence-electron chi connectivity index (χ0n) is 11.8. The normalized spacial score (nSPS) is 14.0. The molecule has 5 heteroatoms. The van der Waals surface area contributed by atoms with Gasteiger partial charge in [-0.2, -0.15) is 0 Å². The third kappa shape index (κ3) is 2.31. The highest BCUT2D eigenvalue weighted by molar-refractivity contribution is 7.99. The lowest BCUT2D eigenvalue weighted by Gasteiger charge is -2.22. The monoisotopic (exact) mass is 317 g/mol. The number of hydrogen-bond donors (Lipinski definition) is 0. The summed E-state index contributed by atoms with van der Waals surface area (Å²) in [5.41, 5.74) is 2.83. The third-order valence-electron chi connectivity index (χ3n) is 3.49. The topological polar surface area (TPSA) is 37.4 Å². The van der Waals surface area contributed by atoms with Gasteiger partial charge in [0.2, 0.25) is 10.0 Å². The van der Waals surface area contributed by atoms with Gasteiger partial charge in [0.15, 0.2) is 0 Å². The van der Waals surface area contributed by atoms with Crippen molar-refractivity contribution in [1.82, 2.24) is 4.31 Å². The van der Waals surface area contributed by atoms with Gasteiger partial charge >= 0.3 is 0 Å². The number of rotatable bonds is 2. The highest BCUT2D eigenvalue weighted by atomic mass is 32.2. The summed E-state index contributed by atoms with van der Waals surface area (Å²) in [6.07, 6.45) is 0. The van der Waals surface area contributed by atoms with Crippen LogP contribution >= 0.6 is 11.8 Å². The lowest BCUT2D eigenvalue weighted by Crippen LogP contribution is -2.22. The maximum Gasteiger partial charge on any atom is 0.242 e. The zero-order chi connectivity index (χ0) is 15.2. The molecule has 108 valence electrons. The molecule has 0 fully saturated rings. The lowest BCUT2D eigenvalue weighted by molar-refractivity contribution is 0.520. The number of fused-ring (bicyclic) bond motifs is 2. The molecule has 2 aromatic rings. The molecular formula is C16H15NO2S2. The summed E-state index contributed by atoms with van der Waals surface area (Å²) in [4.78, 5) is 2.49. The summed E-state index contributed by atoms with van der Waals surface area (Å²) >= 11 is 1.64. The van der Waals surface area contributed by atoms with Crippen LogP contribution in [0.3, 0.4) is 0 Å². The molecular weight excluding hydrogens is 302 g/mol. The lowest BCUT2D eigenvalue weighted by atomic mass is 9.99. The van der Waals surface area contributed by atoms with Crippen LogP contribution in [0.15, 0.2) is 63.7 Å². The molecule has 3 nitrogen and oxygen atoms in total. The van der Waals surface area contributed by atoms with Gasteiger partial charge in [0.25, 0.3) is 0 Å². The van der Waals surface area contributed by atoms with Crippen LogP contribution in [-0.4, -0.2) is 26.8 Å².